The van der Waals surface area contributed by atoms with Crippen LogP contribution in [0.2, 0.25) is 5.31 Å². The molecule has 2 aliphatic rings. The van der Waals surface area contributed by atoms with Crippen molar-refractivity contribution in [3.8, 4) is 0 Å². The normalized spacial score (nSPS) is 40.4. The third kappa shape index (κ3) is 1.27. The lowest BCUT2D eigenvalue weighted by atomic mass is 9.51. The molecule has 2 heterocycles. The minimum absolute atomic E-state index is 0.0878. The average molecular weight is 194 g/mol. The van der Waals surface area contributed by atoms with Gasteiger partial charge in [0.25, 0.3) is 0 Å². The maximum Gasteiger partial charge on any atom is 0.486 e. The van der Waals surface area contributed by atoms with E-state index in [0.29, 0.717) is 6.54 Å². The van der Waals surface area contributed by atoms with Crippen molar-refractivity contribution >= 4 is 6.98 Å². The van der Waals surface area contributed by atoms with Crippen LogP contribution in [0.3, 0.4) is 0 Å². The fourth-order valence-corrected chi connectivity index (χ4v) is 2.38. The van der Waals surface area contributed by atoms with Crippen molar-refractivity contribution in [1.82, 2.24) is 5.32 Å². The number of halogens is 3. The molecule has 0 saturated carbocycles. The van der Waals surface area contributed by atoms with E-state index in [4.69, 9.17) is 4.74 Å². The molecule has 0 spiro atoms. The second-order valence-electron chi connectivity index (χ2n) is 3.96. The van der Waals surface area contributed by atoms with Crippen molar-refractivity contribution in [3.63, 3.8) is 0 Å². The summed E-state index contributed by atoms with van der Waals surface area (Å²) in [6.07, 6.45) is 0.133. The van der Waals surface area contributed by atoms with E-state index < -0.39 is 12.3 Å². The first-order chi connectivity index (χ1) is 6.06. The van der Waals surface area contributed by atoms with Crippen molar-refractivity contribution in [2.75, 3.05) is 26.3 Å². The summed E-state index contributed by atoms with van der Waals surface area (Å²) in [6, 6.07) is 0. The number of hydrogen-bond donors (Lipinski definition) is 1. The second-order valence-corrected chi connectivity index (χ2v) is 3.96. The van der Waals surface area contributed by atoms with E-state index in [2.05, 4.69) is 5.32 Å². The molecular formula is C7H12BF3NO-. The Morgan fingerprint density at radius 1 is 1.38 bits per heavy atom. The summed E-state index contributed by atoms with van der Waals surface area (Å²) < 4.78 is 43.6. The Labute approximate surface area is 74.9 Å². The van der Waals surface area contributed by atoms with E-state index >= 15 is 0 Å². The lowest BCUT2D eigenvalue weighted by Gasteiger charge is -2.45. The first kappa shape index (κ1) is 9.33. The highest BCUT2D eigenvalue weighted by Gasteiger charge is 2.57. The summed E-state index contributed by atoms with van der Waals surface area (Å²) >= 11 is 0. The van der Waals surface area contributed by atoms with Crippen LogP contribution in [0, 0.1) is 5.92 Å². The highest BCUT2D eigenvalue weighted by atomic mass is 19.4. The highest BCUT2D eigenvalue weighted by Crippen LogP contribution is 2.54. The molecule has 0 aliphatic carbocycles. The van der Waals surface area contributed by atoms with Crippen molar-refractivity contribution in [1.29, 1.82) is 0 Å². The summed E-state index contributed by atoms with van der Waals surface area (Å²) in [6.45, 7) is -3.71. The van der Waals surface area contributed by atoms with Crippen LogP contribution in [0.15, 0.2) is 0 Å². The summed E-state index contributed by atoms with van der Waals surface area (Å²) in [5, 5.41) is 1.38. The van der Waals surface area contributed by atoms with Gasteiger partial charge in [0.2, 0.25) is 0 Å². The first-order valence-electron chi connectivity index (χ1n) is 4.54. The molecule has 6 heteroatoms. The molecule has 0 aromatic heterocycles. The Hall–Kier alpha value is -0.225. The van der Waals surface area contributed by atoms with Crippen LogP contribution in [0.1, 0.15) is 6.42 Å². The molecule has 76 valence electrons. The predicted molar refractivity (Wildman–Crippen MR) is 43.6 cm³/mol. The summed E-state index contributed by atoms with van der Waals surface area (Å²) in [7, 11) is 0. The summed E-state index contributed by atoms with van der Waals surface area (Å²) in [4.78, 5) is 0. The van der Waals surface area contributed by atoms with E-state index in [0.717, 1.165) is 0 Å². The molecule has 2 unspecified atom stereocenters. The van der Waals surface area contributed by atoms with Gasteiger partial charge in [0.1, 0.15) is 0 Å². The molecule has 0 amide bonds. The Bertz CT molecular complexity index is 210. The minimum atomic E-state index is -4.75. The van der Waals surface area contributed by atoms with Gasteiger partial charge in [-0.15, -0.1) is 0 Å². The molecule has 0 aromatic carbocycles. The Balaban J connectivity index is 2.26. The van der Waals surface area contributed by atoms with E-state index in [-0.39, 0.29) is 32.1 Å². The molecule has 2 fully saturated rings. The number of ether oxygens (including phenoxy) is 1. The van der Waals surface area contributed by atoms with Crippen LogP contribution >= 0.6 is 0 Å². The van der Waals surface area contributed by atoms with Crippen LogP contribution in [0.4, 0.5) is 12.9 Å². The fraction of sp³-hybridized carbons (Fsp3) is 1.00. The van der Waals surface area contributed by atoms with Gasteiger partial charge < -0.3 is 23.0 Å². The van der Waals surface area contributed by atoms with Gasteiger partial charge in [0.15, 0.2) is 0 Å². The van der Waals surface area contributed by atoms with Crippen LogP contribution in [-0.2, 0) is 4.74 Å². The van der Waals surface area contributed by atoms with Gasteiger partial charge in [-0.05, 0) is 30.7 Å². The van der Waals surface area contributed by atoms with Crippen LogP contribution in [0.25, 0.3) is 0 Å². The third-order valence-corrected chi connectivity index (χ3v) is 3.34. The second kappa shape index (κ2) is 2.88. The SMILES string of the molecule is F[B-](F)(F)C12CCOCC1CNC2. The van der Waals surface area contributed by atoms with Gasteiger partial charge >= 0.3 is 6.98 Å². The van der Waals surface area contributed by atoms with Gasteiger partial charge in [-0.1, -0.05) is 0 Å². The molecule has 2 saturated heterocycles. The molecular weight excluding hydrogens is 182 g/mol. The van der Waals surface area contributed by atoms with Gasteiger partial charge in [0, 0.05) is 13.2 Å². The topological polar surface area (TPSA) is 21.3 Å². The fourth-order valence-electron chi connectivity index (χ4n) is 2.38. The Kier molecular flexibility index (Phi) is 2.07. The van der Waals surface area contributed by atoms with Crippen LogP contribution in [0.5, 0.6) is 0 Å². The minimum Gasteiger partial charge on any atom is -0.448 e. The largest absolute Gasteiger partial charge is 0.486 e. The molecule has 0 aromatic rings. The van der Waals surface area contributed by atoms with E-state index in [1.165, 1.54) is 0 Å². The van der Waals surface area contributed by atoms with Gasteiger partial charge in [0.05, 0.1) is 0 Å². The van der Waals surface area contributed by atoms with Crippen molar-refractivity contribution in [2.45, 2.75) is 11.7 Å². The highest BCUT2D eigenvalue weighted by molar-refractivity contribution is 6.62. The quantitative estimate of drug-likeness (QED) is 0.633. The number of fused-ring (bicyclic) bond motifs is 1. The Morgan fingerprint density at radius 2 is 2.15 bits per heavy atom. The zero-order valence-corrected chi connectivity index (χ0v) is 7.23. The number of rotatable bonds is 1. The molecule has 2 atom stereocenters. The van der Waals surface area contributed by atoms with Crippen molar-refractivity contribution in [2.24, 2.45) is 5.92 Å². The van der Waals surface area contributed by atoms with Crippen LogP contribution in [-0.4, -0.2) is 33.3 Å². The summed E-state index contributed by atoms with van der Waals surface area (Å²) in [5.41, 5.74) is 0. The standard InChI is InChI=1S/C7H12BF3NO/c9-8(10,11)7-1-2-13-4-6(7)3-12-5-7/h6,12H,1-5H2/q-1. The van der Waals surface area contributed by atoms with Crippen LogP contribution < -0.4 is 5.32 Å². The maximum atomic E-state index is 12.9. The predicted octanol–water partition coefficient (Wildman–Crippen LogP) is 1.21. The zero-order chi connectivity index (χ0) is 9.53. The molecule has 0 bridgehead atoms. The first-order valence-corrected chi connectivity index (χ1v) is 4.54. The van der Waals surface area contributed by atoms with Gasteiger partial charge in [-0.2, -0.15) is 0 Å². The molecule has 2 aliphatic heterocycles. The van der Waals surface area contributed by atoms with Gasteiger partial charge in [-0.3, -0.25) is 0 Å². The van der Waals surface area contributed by atoms with Gasteiger partial charge in [-0.25, -0.2) is 0 Å². The monoisotopic (exact) mass is 194 g/mol. The number of nitrogens with one attached hydrogen (secondary N) is 1. The Morgan fingerprint density at radius 3 is 2.77 bits per heavy atom. The van der Waals surface area contributed by atoms with E-state index in [1.54, 1.807) is 0 Å². The lowest BCUT2D eigenvalue weighted by molar-refractivity contribution is 0.0305. The molecule has 0 radical (unpaired) electrons. The third-order valence-electron chi connectivity index (χ3n) is 3.34. The molecule has 13 heavy (non-hydrogen) atoms. The van der Waals surface area contributed by atoms with Crippen molar-refractivity contribution in [3.05, 3.63) is 0 Å². The summed E-state index contributed by atoms with van der Waals surface area (Å²) in [5.74, 6) is -0.360. The maximum absolute atomic E-state index is 12.9. The van der Waals surface area contributed by atoms with Crippen molar-refractivity contribution < 1.29 is 17.7 Å². The van der Waals surface area contributed by atoms with E-state index in [9.17, 15) is 12.9 Å². The number of hydrogen-bond acceptors (Lipinski definition) is 2. The average Bonchev–Trinajstić information content (AvgIpc) is 2.46. The molecule has 2 rings (SSSR count). The zero-order valence-electron chi connectivity index (χ0n) is 7.23. The van der Waals surface area contributed by atoms with E-state index in [1.807, 2.05) is 0 Å². The molecule has 1 N–H and O–H groups in total. The molecule has 2 nitrogen and oxygen atoms in total. The lowest BCUT2D eigenvalue weighted by Crippen LogP contribution is -2.47. The smallest absolute Gasteiger partial charge is 0.448 e.